The second-order valence-corrected chi connectivity index (χ2v) is 11.9. The molecule has 0 aliphatic carbocycles. The number of aromatic nitrogens is 1. The van der Waals surface area contributed by atoms with Gasteiger partial charge in [0.15, 0.2) is 0 Å². The summed E-state index contributed by atoms with van der Waals surface area (Å²) in [6.45, 7) is 6.97. The second kappa shape index (κ2) is 11.2. The quantitative estimate of drug-likeness (QED) is 0.316. The molecule has 9 nitrogen and oxygen atoms in total. The van der Waals surface area contributed by atoms with Crippen LogP contribution >= 0.6 is 0 Å². The topological polar surface area (TPSA) is 106 Å². The Kier molecular flexibility index (Phi) is 7.41. The average Bonchev–Trinajstić information content (AvgIpc) is 3.32. The fourth-order valence-electron chi connectivity index (χ4n) is 6.37. The standard InChI is InChI=1S/C35H36N4O5/c1-21-15-24-7-5-6-8-26(24)19-38(21)34(42)30-16-27-18-37(35(43)44)14-13-25(27)17-32(30)39-20-31(22(2)23(39)3)33(41)36(4)28-9-11-29(40)12-10-28/h5-12,16-17,20-21,40H,13-15,18-19H2,1-4H3,(H,43,44)/t21-/m1/s1. The number of nitrogens with zero attached hydrogens (tertiary/aromatic N) is 4. The van der Waals surface area contributed by atoms with E-state index in [4.69, 9.17) is 0 Å². The molecule has 0 saturated carbocycles. The molecule has 2 aliphatic heterocycles. The first-order chi connectivity index (χ1) is 21.0. The number of benzene rings is 3. The number of hydrogen-bond acceptors (Lipinski definition) is 4. The van der Waals surface area contributed by atoms with Crippen molar-refractivity contribution in [3.8, 4) is 11.4 Å². The van der Waals surface area contributed by atoms with Crippen molar-refractivity contribution in [2.45, 2.75) is 52.7 Å². The minimum atomic E-state index is -0.980. The van der Waals surface area contributed by atoms with Crippen LogP contribution in [-0.2, 0) is 25.9 Å². The van der Waals surface area contributed by atoms with E-state index in [1.807, 2.05) is 47.6 Å². The normalized spacial score (nSPS) is 15.9. The summed E-state index contributed by atoms with van der Waals surface area (Å²) >= 11 is 0. The molecule has 6 rings (SSSR count). The zero-order chi connectivity index (χ0) is 31.3. The summed E-state index contributed by atoms with van der Waals surface area (Å²) in [6, 6.07) is 18.5. The van der Waals surface area contributed by atoms with E-state index in [0.29, 0.717) is 42.0 Å². The third-order valence-corrected chi connectivity index (χ3v) is 9.20. The van der Waals surface area contributed by atoms with Crippen molar-refractivity contribution in [1.29, 1.82) is 0 Å². The number of hydrogen-bond donors (Lipinski definition) is 2. The molecule has 0 radical (unpaired) electrons. The highest BCUT2D eigenvalue weighted by molar-refractivity contribution is 6.07. The van der Waals surface area contributed by atoms with Crippen molar-refractivity contribution in [1.82, 2.24) is 14.4 Å². The molecule has 0 spiro atoms. The van der Waals surface area contributed by atoms with Crippen LogP contribution in [0.2, 0.25) is 0 Å². The molecule has 0 saturated heterocycles. The van der Waals surface area contributed by atoms with E-state index in [1.54, 1.807) is 37.5 Å². The molecule has 1 aromatic heterocycles. The van der Waals surface area contributed by atoms with E-state index in [9.17, 15) is 24.6 Å². The Balaban J connectivity index is 1.44. The Morgan fingerprint density at radius 2 is 1.59 bits per heavy atom. The molecule has 44 heavy (non-hydrogen) atoms. The molecule has 1 atom stereocenters. The van der Waals surface area contributed by atoms with Crippen molar-refractivity contribution < 1.29 is 24.6 Å². The minimum Gasteiger partial charge on any atom is -0.508 e. The fraction of sp³-hybridized carbons (Fsp3) is 0.286. The SMILES string of the molecule is Cc1c(C(=O)N(C)c2ccc(O)cc2)cn(-c2cc3c(cc2C(=O)N2Cc4ccccc4C[C@H]2C)CN(C(=O)O)CC3)c1C. The van der Waals surface area contributed by atoms with Crippen LogP contribution in [0.15, 0.2) is 66.9 Å². The Morgan fingerprint density at radius 3 is 2.30 bits per heavy atom. The lowest BCUT2D eigenvalue weighted by Gasteiger charge is -2.36. The maximum atomic E-state index is 14.5. The lowest BCUT2D eigenvalue weighted by molar-refractivity contribution is 0.0658. The molecule has 0 fully saturated rings. The van der Waals surface area contributed by atoms with Crippen LogP contribution in [0.4, 0.5) is 10.5 Å². The van der Waals surface area contributed by atoms with Gasteiger partial charge >= 0.3 is 6.09 Å². The lowest BCUT2D eigenvalue weighted by atomic mass is 9.92. The largest absolute Gasteiger partial charge is 0.508 e. The first kappa shape index (κ1) is 29.0. The third-order valence-electron chi connectivity index (χ3n) is 9.20. The monoisotopic (exact) mass is 592 g/mol. The summed E-state index contributed by atoms with van der Waals surface area (Å²) in [7, 11) is 1.69. The summed E-state index contributed by atoms with van der Waals surface area (Å²) in [4.78, 5) is 44.8. The van der Waals surface area contributed by atoms with Gasteiger partial charge in [-0.15, -0.1) is 0 Å². The van der Waals surface area contributed by atoms with Gasteiger partial charge in [0.2, 0.25) is 0 Å². The zero-order valence-corrected chi connectivity index (χ0v) is 25.4. The molecule has 0 unspecified atom stereocenters. The first-order valence-corrected chi connectivity index (χ1v) is 14.8. The Hall–Kier alpha value is -5.05. The maximum absolute atomic E-state index is 14.5. The highest BCUT2D eigenvalue weighted by Gasteiger charge is 2.32. The summed E-state index contributed by atoms with van der Waals surface area (Å²) in [5, 5.41) is 19.4. The average molecular weight is 593 g/mol. The van der Waals surface area contributed by atoms with Gasteiger partial charge in [-0.25, -0.2) is 4.79 Å². The number of carbonyl (C=O) groups is 3. The molecule has 3 amide bonds. The van der Waals surface area contributed by atoms with Crippen LogP contribution in [0, 0.1) is 13.8 Å². The second-order valence-electron chi connectivity index (χ2n) is 11.9. The molecule has 3 aromatic carbocycles. The molecule has 2 aliphatic rings. The molecule has 2 N–H and O–H groups in total. The first-order valence-electron chi connectivity index (χ1n) is 14.8. The number of fused-ring (bicyclic) bond motifs is 2. The van der Waals surface area contributed by atoms with E-state index < -0.39 is 6.09 Å². The van der Waals surface area contributed by atoms with E-state index in [2.05, 4.69) is 19.1 Å². The molecule has 4 aromatic rings. The number of carbonyl (C=O) groups excluding carboxylic acids is 2. The van der Waals surface area contributed by atoms with E-state index in [0.717, 1.165) is 34.4 Å². The van der Waals surface area contributed by atoms with Gasteiger partial charge in [0.1, 0.15) is 5.75 Å². The number of aromatic hydroxyl groups is 1. The zero-order valence-electron chi connectivity index (χ0n) is 25.4. The summed E-state index contributed by atoms with van der Waals surface area (Å²) in [5.41, 5.74) is 8.11. The van der Waals surface area contributed by atoms with Gasteiger partial charge in [0, 0.05) is 50.3 Å². The molecular weight excluding hydrogens is 556 g/mol. The number of carboxylic acid groups (broad SMARTS) is 1. The van der Waals surface area contributed by atoms with Crippen LogP contribution in [-0.4, -0.2) is 62.1 Å². The summed E-state index contributed by atoms with van der Waals surface area (Å²) in [6.07, 6.45) is 2.10. The minimum absolute atomic E-state index is 0.0274. The third kappa shape index (κ3) is 5.08. The number of phenolic OH excluding ortho intramolecular Hbond substituents is 1. The van der Waals surface area contributed by atoms with Crippen molar-refractivity contribution in [2.24, 2.45) is 0 Å². The van der Waals surface area contributed by atoms with Gasteiger partial charge in [0.25, 0.3) is 11.8 Å². The Morgan fingerprint density at radius 1 is 0.886 bits per heavy atom. The Bertz CT molecular complexity index is 1790. The smallest absolute Gasteiger partial charge is 0.407 e. The van der Waals surface area contributed by atoms with Gasteiger partial charge in [-0.3, -0.25) is 9.59 Å². The van der Waals surface area contributed by atoms with Gasteiger partial charge in [-0.2, -0.15) is 0 Å². The molecular formula is C35H36N4O5. The van der Waals surface area contributed by atoms with Gasteiger partial charge in [-0.05, 0) is 97.8 Å². The number of phenols is 1. The van der Waals surface area contributed by atoms with E-state index in [-0.39, 0.29) is 30.2 Å². The number of anilines is 1. The van der Waals surface area contributed by atoms with Crippen LogP contribution in [0.25, 0.3) is 5.69 Å². The van der Waals surface area contributed by atoms with Gasteiger partial charge < -0.3 is 29.5 Å². The van der Waals surface area contributed by atoms with Crippen LogP contribution in [0.5, 0.6) is 5.75 Å². The van der Waals surface area contributed by atoms with Gasteiger partial charge in [-0.1, -0.05) is 24.3 Å². The van der Waals surface area contributed by atoms with Crippen LogP contribution in [0.1, 0.15) is 61.2 Å². The molecule has 226 valence electrons. The summed E-state index contributed by atoms with van der Waals surface area (Å²) in [5.74, 6) is -0.216. The fourth-order valence-corrected chi connectivity index (χ4v) is 6.37. The van der Waals surface area contributed by atoms with E-state index in [1.165, 1.54) is 15.4 Å². The van der Waals surface area contributed by atoms with Crippen molar-refractivity contribution in [3.05, 3.63) is 111 Å². The van der Waals surface area contributed by atoms with E-state index >= 15 is 0 Å². The number of rotatable bonds is 4. The van der Waals surface area contributed by atoms with Gasteiger partial charge in [0.05, 0.1) is 16.8 Å². The highest BCUT2D eigenvalue weighted by Crippen LogP contribution is 2.33. The van der Waals surface area contributed by atoms with Crippen molar-refractivity contribution >= 4 is 23.6 Å². The lowest BCUT2D eigenvalue weighted by Crippen LogP contribution is -2.43. The van der Waals surface area contributed by atoms with Crippen molar-refractivity contribution in [3.63, 3.8) is 0 Å². The predicted octanol–water partition coefficient (Wildman–Crippen LogP) is 5.70. The van der Waals surface area contributed by atoms with Crippen LogP contribution in [0.3, 0.4) is 0 Å². The van der Waals surface area contributed by atoms with Crippen molar-refractivity contribution in [2.75, 3.05) is 18.5 Å². The maximum Gasteiger partial charge on any atom is 0.407 e. The number of amides is 3. The van der Waals surface area contributed by atoms with Crippen LogP contribution < -0.4 is 4.90 Å². The summed E-state index contributed by atoms with van der Waals surface area (Å²) < 4.78 is 1.92. The predicted molar refractivity (Wildman–Crippen MR) is 168 cm³/mol. The highest BCUT2D eigenvalue weighted by atomic mass is 16.4. The molecule has 9 heteroatoms. The molecule has 3 heterocycles. The Labute approximate surface area is 256 Å². The molecule has 0 bridgehead atoms.